The van der Waals surface area contributed by atoms with Crippen LogP contribution >= 0.6 is 0 Å². The number of likely N-dealkylation sites (tertiary alicyclic amines) is 1. The van der Waals surface area contributed by atoms with Crippen LogP contribution in [0.3, 0.4) is 0 Å². The number of rotatable bonds is 4. The van der Waals surface area contributed by atoms with Gasteiger partial charge in [0.2, 0.25) is 11.8 Å². The number of carbonyl (C=O) groups excluding carboxylic acids is 3. The highest BCUT2D eigenvalue weighted by atomic mass is 16.2. The molecule has 1 unspecified atom stereocenters. The molecule has 1 aromatic carbocycles. The number of imide groups is 1. The maximum atomic E-state index is 12.5. The molecule has 1 fully saturated rings. The quantitative estimate of drug-likeness (QED) is 0.792. The number of hydrogen-bond donors (Lipinski definition) is 0. The lowest BCUT2D eigenvalue weighted by Gasteiger charge is -2.27. The molecule has 0 saturated carbocycles. The highest BCUT2D eigenvalue weighted by molar-refractivity contribution is 6.09. The van der Waals surface area contributed by atoms with Gasteiger partial charge in [-0.3, -0.25) is 19.3 Å². The molecule has 0 bridgehead atoms. The molecule has 0 aromatic heterocycles. The van der Waals surface area contributed by atoms with Crippen molar-refractivity contribution in [2.75, 3.05) is 13.1 Å². The standard InChI is InChI=1S/C16H20N2O3/c1-3-17(4-2)16(21)13-10-11-14(19)18(13)15(20)12-8-6-5-7-9-12/h5-9,13H,3-4,10-11H2,1-2H3. The van der Waals surface area contributed by atoms with E-state index in [1.807, 2.05) is 13.8 Å². The Kier molecular flexibility index (Phi) is 4.73. The SMILES string of the molecule is CCN(CC)C(=O)C1CCC(=O)N1C(=O)c1ccccc1. The van der Waals surface area contributed by atoms with E-state index in [-0.39, 0.29) is 24.1 Å². The third kappa shape index (κ3) is 2.96. The Balaban J connectivity index is 2.25. The smallest absolute Gasteiger partial charge is 0.261 e. The summed E-state index contributed by atoms with van der Waals surface area (Å²) in [6, 6.07) is 7.95. The molecule has 1 saturated heterocycles. The van der Waals surface area contributed by atoms with E-state index in [0.29, 0.717) is 25.1 Å². The van der Waals surface area contributed by atoms with Crippen LogP contribution in [-0.2, 0) is 9.59 Å². The monoisotopic (exact) mass is 288 g/mol. The van der Waals surface area contributed by atoms with Gasteiger partial charge in [-0.05, 0) is 32.4 Å². The molecule has 1 aromatic rings. The molecule has 1 aliphatic rings. The zero-order valence-electron chi connectivity index (χ0n) is 12.4. The van der Waals surface area contributed by atoms with Crippen molar-refractivity contribution >= 4 is 17.7 Å². The predicted octanol–water partition coefficient (Wildman–Crippen LogP) is 1.69. The van der Waals surface area contributed by atoms with Crippen molar-refractivity contribution in [1.82, 2.24) is 9.80 Å². The Morgan fingerprint density at radius 3 is 2.38 bits per heavy atom. The number of likely N-dealkylation sites (N-methyl/N-ethyl adjacent to an activating group) is 1. The molecule has 5 nitrogen and oxygen atoms in total. The third-order valence-corrected chi connectivity index (χ3v) is 3.81. The van der Waals surface area contributed by atoms with E-state index in [9.17, 15) is 14.4 Å². The summed E-state index contributed by atoms with van der Waals surface area (Å²) in [5, 5.41) is 0. The highest BCUT2D eigenvalue weighted by Gasteiger charge is 2.41. The van der Waals surface area contributed by atoms with Gasteiger partial charge >= 0.3 is 0 Å². The minimum atomic E-state index is -0.662. The van der Waals surface area contributed by atoms with E-state index in [2.05, 4.69) is 0 Å². The summed E-state index contributed by atoms with van der Waals surface area (Å²) in [6.45, 7) is 4.93. The summed E-state index contributed by atoms with van der Waals surface area (Å²) >= 11 is 0. The van der Waals surface area contributed by atoms with Gasteiger partial charge in [-0.25, -0.2) is 0 Å². The van der Waals surface area contributed by atoms with Gasteiger partial charge in [0.1, 0.15) is 6.04 Å². The zero-order valence-corrected chi connectivity index (χ0v) is 12.4. The summed E-state index contributed by atoms with van der Waals surface area (Å²) in [5.41, 5.74) is 0.435. The molecule has 0 radical (unpaired) electrons. The van der Waals surface area contributed by atoms with Crippen LogP contribution in [0.5, 0.6) is 0 Å². The maximum absolute atomic E-state index is 12.5. The van der Waals surface area contributed by atoms with Crippen LogP contribution in [0.1, 0.15) is 37.0 Å². The Labute approximate surface area is 124 Å². The first kappa shape index (κ1) is 15.2. The van der Waals surface area contributed by atoms with E-state index in [4.69, 9.17) is 0 Å². The number of nitrogens with zero attached hydrogens (tertiary/aromatic N) is 2. The van der Waals surface area contributed by atoms with E-state index < -0.39 is 6.04 Å². The average Bonchev–Trinajstić information content (AvgIpc) is 2.90. The Morgan fingerprint density at radius 2 is 1.81 bits per heavy atom. The fraction of sp³-hybridized carbons (Fsp3) is 0.438. The largest absolute Gasteiger partial charge is 0.341 e. The van der Waals surface area contributed by atoms with E-state index >= 15 is 0 Å². The van der Waals surface area contributed by atoms with Crippen molar-refractivity contribution in [3.8, 4) is 0 Å². The first-order chi connectivity index (χ1) is 10.1. The molecule has 3 amide bonds. The Hall–Kier alpha value is -2.17. The molecule has 0 spiro atoms. The normalized spacial score (nSPS) is 17.9. The number of amides is 3. The molecule has 21 heavy (non-hydrogen) atoms. The van der Waals surface area contributed by atoms with Crippen molar-refractivity contribution in [3.05, 3.63) is 35.9 Å². The van der Waals surface area contributed by atoms with Crippen molar-refractivity contribution < 1.29 is 14.4 Å². The Morgan fingerprint density at radius 1 is 1.19 bits per heavy atom. The van der Waals surface area contributed by atoms with Crippen molar-refractivity contribution in [2.24, 2.45) is 0 Å². The fourth-order valence-electron chi connectivity index (χ4n) is 2.64. The van der Waals surface area contributed by atoms with Crippen LogP contribution in [0.25, 0.3) is 0 Å². The third-order valence-electron chi connectivity index (χ3n) is 3.81. The maximum Gasteiger partial charge on any atom is 0.261 e. The van der Waals surface area contributed by atoms with Gasteiger partial charge in [-0.2, -0.15) is 0 Å². The van der Waals surface area contributed by atoms with Crippen molar-refractivity contribution in [2.45, 2.75) is 32.7 Å². The van der Waals surface area contributed by atoms with Gasteiger partial charge in [-0.15, -0.1) is 0 Å². The molecule has 1 heterocycles. The number of hydrogen-bond acceptors (Lipinski definition) is 3. The van der Waals surface area contributed by atoms with Crippen LogP contribution in [0.4, 0.5) is 0 Å². The molecular weight excluding hydrogens is 268 g/mol. The van der Waals surface area contributed by atoms with Gasteiger partial charge in [0, 0.05) is 25.1 Å². The van der Waals surface area contributed by atoms with Crippen molar-refractivity contribution in [3.63, 3.8) is 0 Å². The minimum Gasteiger partial charge on any atom is -0.341 e. The van der Waals surface area contributed by atoms with Gasteiger partial charge in [0.05, 0.1) is 0 Å². The predicted molar refractivity (Wildman–Crippen MR) is 78.6 cm³/mol. The lowest BCUT2D eigenvalue weighted by Crippen LogP contribution is -2.49. The van der Waals surface area contributed by atoms with Gasteiger partial charge in [0.15, 0.2) is 0 Å². The van der Waals surface area contributed by atoms with E-state index in [1.165, 1.54) is 0 Å². The molecule has 2 rings (SSSR count). The lowest BCUT2D eigenvalue weighted by atomic mass is 10.1. The van der Waals surface area contributed by atoms with Gasteiger partial charge < -0.3 is 4.90 Å². The van der Waals surface area contributed by atoms with Crippen LogP contribution in [0.2, 0.25) is 0 Å². The van der Waals surface area contributed by atoms with Crippen LogP contribution in [-0.4, -0.2) is 46.7 Å². The summed E-state index contributed by atoms with van der Waals surface area (Å²) in [5.74, 6) is -0.798. The highest BCUT2D eigenvalue weighted by Crippen LogP contribution is 2.23. The first-order valence-corrected chi connectivity index (χ1v) is 7.30. The summed E-state index contributed by atoms with van der Waals surface area (Å²) in [4.78, 5) is 39.8. The second-order valence-corrected chi connectivity index (χ2v) is 5.00. The van der Waals surface area contributed by atoms with E-state index in [1.54, 1.807) is 35.2 Å². The summed E-state index contributed by atoms with van der Waals surface area (Å²) < 4.78 is 0. The molecule has 112 valence electrons. The molecule has 5 heteroatoms. The fourth-order valence-corrected chi connectivity index (χ4v) is 2.64. The van der Waals surface area contributed by atoms with E-state index in [0.717, 1.165) is 4.90 Å². The number of benzene rings is 1. The van der Waals surface area contributed by atoms with Gasteiger partial charge in [0.25, 0.3) is 5.91 Å². The van der Waals surface area contributed by atoms with Crippen LogP contribution in [0.15, 0.2) is 30.3 Å². The van der Waals surface area contributed by atoms with Crippen LogP contribution in [0, 0.1) is 0 Å². The summed E-state index contributed by atoms with van der Waals surface area (Å²) in [7, 11) is 0. The molecule has 0 aliphatic carbocycles. The lowest BCUT2D eigenvalue weighted by molar-refractivity contribution is -0.139. The first-order valence-electron chi connectivity index (χ1n) is 7.30. The molecular formula is C16H20N2O3. The second-order valence-electron chi connectivity index (χ2n) is 5.00. The molecule has 1 aliphatic heterocycles. The minimum absolute atomic E-state index is 0.143. The average molecular weight is 288 g/mol. The molecule has 1 atom stereocenters. The Bertz CT molecular complexity index is 538. The topological polar surface area (TPSA) is 57.7 Å². The molecule has 0 N–H and O–H groups in total. The van der Waals surface area contributed by atoms with Crippen LogP contribution < -0.4 is 0 Å². The van der Waals surface area contributed by atoms with Gasteiger partial charge in [-0.1, -0.05) is 18.2 Å². The van der Waals surface area contributed by atoms with Crippen molar-refractivity contribution in [1.29, 1.82) is 0 Å². The summed E-state index contributed by atoms with van der Waals surface area (Å²) in [6.07, 6.45) is 0.656. The second kappa shape index (κ2) is 6.52. The zero-order chi connectivity index (χ0) is 15.4. The number of carbonyl (C=O) groups is 3.